The predicted octanol–water partition coefficient (Wildman–Crippen LogP) is 2.45. The van der Waals surface area contributed by atoms with Crippen LogP contribution in [0, 0.1) is 11.3 Å². The van der Waals surface area contributed by atoms with Crippen molar-refractivity contribution in [2.75, 3.05) is 25.6 Å². The van der Waals surface area contributed by atoms with E-state index in [1.807, 2.05) is 30.3 Å². The van der Waals surface area contributed by atoms with Gasteiger partial charge in [-0.05, 0) is 24.3 Å². The molecule has 1 aromatic carbocycles. The zero-order valence-electron chi connectivity index (χ0n) is 11.2. The second kappa shape index (κ2) is 7.00. The van der Waals surface area contributed by atoms with Gasteiger partial charge in [-0.25, -0.2) is 4.98 Å². The molecule has 20 heavy (non-hydrogen) atoms. The number of hydrogen-bond donors (Lipinski definition) is 1. The van der Waals surface area contributed by atoms with Gasteiger partial charge in [0, 0.05) is 6.20 Å². The summed E-state index contributed by atoms with van der Waals surface area (Å²) in [5.41, 5.74) is 0.542. The molecular weight excluding hydrogens is 254 g/mol. The Bertz CT molecular complexity index is 591. The molecule has 1 aromatic heterocycles. The summed E-state index contributed by atoms with van der Waals surface area (Å²) in [5.74, 6) is 2.14. The van der Waals surface area contributed by atoms with Gasteiger partial charge in [0.15, 0.2) is 11.5 Å². The normalized spacial score (nSPS) is 9.60. The second-order valence-electron chi connectivity index (χ2n) is 3.97. The molecule has 1 N–H and O–H groups in total. The Morgan fingerprint density at radius 1 is 1.20 bits per heavy atom. The van der Waals surface area contributed by atoms with Crippen molar-refractivity contribution in [2.45, 2.75) is 0 Å². The SMILES string of the molecule is COc1ccccc1OCCNc1ccc(C#N)cn1. The molecule has 0 amide bonds. The van der Waals surface area contributed by atoms with Crippen LogP contribution in [0.5, 0.6) is 11.5 Å². The molecule has 5 heteroatoms. The fraction of sp³-hybridized carbons (Fsp3) is 0.200. The molecule has 0 aliphatic rings. The van der Waals surface area contributed by atoms with Gasteiger partial charge in [0.25, 0.3) is 0 Å². The van der Waals surface area contributed by atoms with Crippen LogP contribution < -0.4 is 14.8 Å². The Kier molecular flexibility index (Phi) is 4.79. The molecule has 0 aliphatic carbocycles. The van der Waals surface area contributed by atoms with Crippen molar-refractivity contribution in [1.29, 1.82) is 5.26 Å². The number of para-hydroxylation sites is 2. The number of ether oxygens (including phenoxy) is 2. The Hall–Kier alpha value is -2.74. The van der Waals surface area contributed by atoms with Gasteiger partial charge >= 0.3 is 0 Å². The summed E-state index contributed by atoms with van der Waals surface area (Å²) < 4.78 is 10.8. The maximum Gasteiger partial charge on any atom is 0.161 e. The van der Waals surface area contributed by atoms with Crippen LogP contribution in [0.4, 0.5) is 5.82 Å². The molecule has 0 aliphatic heterocycles. The lowest BCUT2D eigenvalue weighted by atomic mass is 10.3. The zero-order valence-corrected chi connectivity index (χ0v) is 11.2. The van der Waals surface area contributed by atoms with Gasteiger partial charge in [-0.3, -0.25) is 0 Å². The maximum absolute atomic E-state index is 8.68. The van der Waals surface area contributed by atoms with E-state index in [0.29, 0.717) is 36.0 Å². The topological polar surface area (TPSA) is 67.2 Å². The van der Waals surface area contributed by atoms with E-state index in [9.17, 15) is 0 Å². The number of methoxy groups -OCH3 is 1. The third-order valence-electron chi connectivity index (χ3n) is 2.63. The lowest BCUT2D eigenvalue weighted by molar-refractivity contribution is 0.306. The molecule has 0 unspecified atom stereocenters. The molecule has 0 saturated carbocycles. The minimum Gasteiger partial charge on any atom is -0.493 e. The Labute approximate surface area is 117 Å². The summed E-state index contributed by atoms with van der Waals surface area (Å²) in [5, 5.41) is 11.8. The second-order valence-corrected chi connectivity index (χ2v) is 3.97. The number of anilines is 1. The van der Waals surface area contributed by atoms with Crippen LogP contribution in [0.1, 0.15) is 5.56 Å². The van der Waals surface area contributed by atoms with Gasteiger partial charge in [0.05, 0.1) is 19.2 Å². The summed E-state index contributed by atoms with van der Waals surface area (Å²) in [6, 6.07) is 13.0. The zero-order chi connectivity index (χ0) is 14.2. The highest BCUT2D eigenvalue weighted by Gasteiger charge is 2.01. The standard InChI is InChI=1S/C15H15N3O2/c1-19-13-4-2-3-5-14(13)20-9-8-17-15-7-6-12(10-16)11-18-15/h2-7,11H,8-9H2,1H3,(H,17,18). The molecule has 0 bridgehead atoms. The monoisotopic (exact) mass is 269 g/mol. The highest BCUT2D eigenvalue weighted by atomic mass is 16.5. The van der Waals surface area contributed by atoms with Crippen molar-refractivity contribution in [3.8, 4) is 17.6 Å². The van der Waals surface area contributed by atoms with Crippen molar-refractivity contribution in [2.24, 2.45) is 0 Å². The maximum atomic E-state index is 8.68. The first-order valence-corrected chi connectivity index (χ1v) is 6.19. The smallest absolute Gasteiger partial charge is 0.161 e. The van der Waals surface area contributed by atoms with Crippen LogP contribution in [0.25, 0.3) is 0 Å². The minimum atomic E-state index is 0.488. The minimum absolute atomic E-state index is 0.488. The fourth-order valence-electron chi connectivity index (χ4n) is 1.64. The van der Waals surface area contributed by atoms with Crippen LogP contribution in [0.15, 0.2) is 42.6 Å². The summed E-state index contributed by atoms with van der Waals surface area (Å²) >= 11 is 0. The first-order chi connectivity index (χ1) is 9.83. The van der Waals surface area contributed by atoms with Gasteiger partial charge in [-0.1, -0.05) is 12.1 Å². The molecular formula is C15H15N3O2. The van der Waals surface area contributed by atoms with E-state index in [2.05, 4.69) is 10.3 Å². The number of pyridine rings is 1. The Morgan fingerprint density at radius 3 is 2.65 bits per heavy atom. The number of nitriles is 1. The average molecular weight is 269 g/mol. The summed E-state index contributed by atoms with van der Waals surface area (Å²) in [7, 11) is 1.61. The number of nitrogens with zero attached hydrogens (tertiary/aromatic N) is 2. The lowest BCUT2D eigenvalue weighted by Gasteiger charge is -2.11. The number of rotatable bonds is 6. The summed E-state index contributed by atoms with van der Waals surface area (Å²) in [6.45, 7) is 1.10. The highest BCUT2D eigenvalue weighted by molar-refractivity contribution is 5.40. The van der Waals surface area contributed by atoms with Crippen molar-refractivity contribution in [3.63, 3.8) is 0 Å². The lowest BCUT2D eigenvalue weighted by Crippen LogP contribution is -2.12. The van der Waals surface area contributed by atoms with E-state index in [1.165, 1.54) is 6.20 Å². The van der Waals surface area contributed by atoms with Crippen molar-refractivity contribution in [3.05, 3.63) is 48.2 Å². The van der Waals surface area contributed by atoms with Crippen molar-refractivity contribution >= 4 is 5.82 Å². The van der Waals surface area contributed by atoms with E-state index in [1.54, 1.807) is 19.2 Å². The van der Waals surface area contributed by atoms with E-state index >= 15 is 0 Å². The first kappa shape index (κ1) is 13.7. The van der Waals surface area contributed by atoms with E-state index in [-0.39, 0.29) is 0 Å². The number of aromatic nitrogens is 1. The third kappa shape index (κ3) is 3.62. The molecule has 0 fully saturated rings. The van der Waals surface area contributed by atoms with Gasteiger partial charge in [0.1, 0.15) is 18.5 Å². The molecule has 0 atom stereocenters. The molecule has 2 rings (SSSR count). The van der Waals surface area contributed by atoms with Crippen LogP contribution in [0.3, 0.4) is 0 Å². The first-order valence-electron chi connectivity index (χ1n) is 6.19. The van der Waals surface area contributed by atoms with Crippen molar-refractivity contribution < 1.29 is 9.47 Å². The molecule has 1 heterocycles. The van der Waals surface area contributed by atoms with E-state index in [4.69, 9.17) is 14.7 Å². The number of hydrogen-bond acceptors (Lipinski definition) is 5. The Balaban J connectivity index is 1.80. The molecule has 5 nitrogen and oxygen atoms in total. The number of benzene rings is 1. The fourth-order valence-corrected chi connectivity index (χ4v) is 1.64. The molecule has 102 valence electrons. The van der Waals surface area contributed by atoms with Gasteiger partial charge in [0.2, 0.25) is 0 Å². The van der Waals surface area contributed by atoms with E-state index < -0.39 is 0 Å². The van der Waals surface area contributed by atoms with Crippen LogP contribution in [0.2, 0.25) is 0 Å². The quantitative estimate of drug-likeness (QED) is 0.816. The van der Waals surface area contributed by atoms with E-state index in [0.717, 1.165) is 0 Å². The predicted molar refractivity (Wildman–Crippen MR) is 75.9 cm³/mol. The molecule has 2 aromatic rings. The number of nitrogens with one attached hydrogen (secondary N) is 1. The largest absolute Gasteiger partial charge is 0.493 e. The van der Waals surface area contributed by atoms with Gasteiger partial charge in [-0.15, -0.1) is 0 Å². The molecule has 0 spiro atoms. The van der Waals surface area contributed by atoms with Crippen LogP contribution >= 0.6 is 0 Å². The average Bonchev–Trinajstić information content (AvgIpc) is 2.52. The van der Waals surface area contributed by atoms with Crippen LogP contribution in [-0.2, 0) is 0 Å². The summed E-state index contributed by atoms with van der Waals surface area (Å²) in [4.78, 5) is 4.11. The Morgan fingerprint density at radius 2 is 2.00 bits per heavy atom. The highest BCUT2D eigenvalue weighted by Crippen LogP contribution is 2.25. The molecule has 0 radical (unpaired) electrons. The summed E-state index contributed by atoms with van der Waals surface area (Å²) in [6.07, 6.45) is 1.53. The molecule has 0 saturated heterocycles. The van der Waals surface area contributed by atoms with Crippen LogP contribution in [-0.4, -0.2) is 25.2 Å². The van der Waals surface area contributed by atoms with Gasteiger partial charge < -0.3 is 14.8 Å². The van der Waals surface area contributed by atoms with Crippen molar-refractivity contribution in [1.82, 2.24) is 4.98 Å². The third-order valence-corrected chi connectivity index (χ3v) is 2.63. The van der Waals surface area contributed by atoms with Gasteiger partial charge in [-0.2, -0.15) is 5.26 Å².